The minimum atomic E-state index is -0.859. The largest absolute Gasteiger partial charge is 0.481 e. The van der Waals surface area contributed by atoms with Crippen LogP contribution in [0.3, 0.4) is 0 Å². The summed E-state index contributed by atoms with van der Waals surface area (Å²) in [5.41, 5.74) is 6.15. The van der Waals surface area contributed by atoms with E-state index < -0.39 is 17.8 Å². The SMILES string of the molecule is CCC(CNc1ccc(Br)cc1C(N)=O)C(=O)O. The van der Waals surface area contributed by atoms with Gasteiger partial charge in [-0.25, -0.2) is 0 Å². The van der Waals surface area contributed by atoms with Crippen LogP contribution in [0.25, 0.3) is 0 Å². The summed E-state index contributed by atoms with van der Waals surface area (Å²) in [5, 5.41) is 11.9. The summed E-state index contributed by atoms with van der Waals surface area (Å²) >= 11 is 3.25. The van der Waals surface area contributed by atoms with Crippen LogP contribution >= 0.6 is 15.9 Å². The van der Waals surface area contributed by atoms with Crippen LogP contribution in [0.1, 0.15) is 23.7 Å². The molecule has 1 aromatic rings. The number of hydrogen-bond donors (Lipinski definition) is 3. The number of benzene rings is 1. The number of aliphatic carboxylic acids is 1. The van der Waals surface area contributed by atoms with E-state index in [0.717, 1.165) is 4.47 Å². The Morgan fingerprint density at radius 3 is 2.67 bits per heavy atom. The number of carboxylic acid groups (broad SMARTS) is 1. The molecular weight excluding hydrogens is 300 g/mol. The molecular formula is C12H15BrN2O3. The maximum atomic E-state index is 11.3. The molecule has 1 atom stereocenters. The quantitative estimate of drug-likeness (QED) is 0.749. The average molecular weight is 315 g/mol. The van der Waals surface area contributed by atoms with E-state index in [1.807, 2.05) is 0 Å². The Kier molecular flexibility index (Phi) is 5.15. The molecule has 6 heteroatoms. The van der Waals surface area contributed by atoms with Crippen molar-refractivity contribution in [2.75, 3.05) is 11.9 Å². The summed E-state index contributed by atoms with van der Waals surface area (Å²) in [4.78, 5) is 22.2. The smallest absolute Gasteiger partial charge is 0.308 e. The fraction of sp³-hybridized carbons (Fsp3) is 0.333. The molecule has 0 aliphatic heterocycles. The highest BCUT2D eigenvalue weighted by Crippen LogP contribution is 2.21. The van der Waals surface area contributed by atoms with Gasteiger partial charge in [0.25, 0.3) is 5.91 Å². The van der Waals surface area contributed by atoms with Crippen molar-refractivity contribution >= 4 is 33.5 Å². The third-order valence-corrected chi connectivity index (χ3v) is 3.12. The molecule has 0 aliphatic rings. The van der Waals surface area contributed by atoms with Crippen molar-refractivity contribution in [3.63, 3.8) is 0 Å². The zero-order valence-corrected chi connectivity index (χ0v) is 11.5. The highest BCUT2D eigenvalue weighted by molar-refractivity contribution is 9.10. The summed E-state index contributed by atoms with van der Waals surface area (Å²) in [7, 11) is 0. The van der Waals surface area contributed by atoms with E-state index in [9.17, 15) is 9.59 Å². The van der Waals surface area contributed by atoms with Crippen molar-refractivity contribution in [3.8, 4) is 0 Å². The third kappa shape index (κ3) is 3.73. The van der Waals surface area contributed by atoms with E-state index in [1.54, 1.807) is 25.1 Å². The molecule has 0 heterocycles. The van der Waals surface area contributed by atoms with E-state index in [1.165, 1.54) is 0 Å². The van der Waals surface area contributed by atoms with Crippen molar-refractivity contribution in [1.82, 2.24) is 0 Å². The Balaban J connectivity index is 2.84. The van der Waals surface area contributed by atoms with Crippen molar-refractivity contribution in [2.24, 2.45) is 11.7 Å². The highest BCUT2D eigenvalue weighted by atomic mass is 79.9. The summed E-state index contributed by atoms with van der Waals surface area (Å²) in [5.74, 6) is -1.90. The van der Waals surface area contributed by atoms with E-state index in [-0.39, 0.29) is 6.54 Å². The molecule has 0 radical (unpaired) electrons. The second kappa shape index (κ2) is 6.39. The highest BCUT2D eigenvalue weighted by Gasteiger charge is 2.16. The predicted octanol–water partition coefficient (Wildman–Crippen LogP) is 2.07. The van der Waals surface area contributed by atoms with Crippen LogP contribution in [0.5, 0.6) is 0 Å². The molecule has 0 saturated heterocycles. The van der Waals surface area contributed by atoms with Crippen LogP contribution < -0.4 is 11.1 Å². The first-order valence-electron chi connectivity index (χ1n) is 5.51. The van der Waals surface area contributed by atoms with Crippen LogP contribution in [0.15, 0.2) is 22.7 Å². The van der Waals surface area contributed by atoms with E-state index in [2.05, 4.69) is 21.2 Å². The molecule has 0 bridgehead atoms. The Labute approximate surface area is 113 Å². The predicted molar refractivity (Wildman–Crippen MR) is 72.6 cm³/mol. The van der Waals surface area contributed by atoms with Gasteiger partial charge in [-0.05, 0) is 24.6 Å². The number of carbonyl (C=O) groups excluding carboxylic acids is 1. The molecule has 18 heavy (non-hydrogen) atoms. The Morgan fingerprint density at radius 2 is 2.17 bits per heavy atom. The first kappa shape index (κ1) is 14.5. The van der Waals surface area contributed by atoms with Gasteiger partial charge in [0, 0.05) is 16.7 Å². The Hall–Kier alpha value is -1.56. The van der Waals surface area contributed by atoms with Crippen molar-refractivity contribution in [2.45, 2.75) is 13.3 Å². The van der Waals surface area contributed by atoms with Gasteiger partial charge in [-0.3, -0.25) is 9.59 Å². The molecule has 0 spiro atoms. The number of carboxylic acids is 1. The van der Waals surface area contributed by atoms with Crippen molar-refractivity contribution in [1.29, 1.82) is 0 Å². The maximum Gasteiger partial charge on any atom is 0.308 e. The van der Waals surface area contributed by atoms with Gasteiger partial charge in [0.2, 0.25) is 0 Å². The molecule has 0 saturated carbocycles. The molecule has 98 valence electrons. The van der Waals surface area contributed by atoms with E-state index in [0.29, 0.717) is 17.7 Å². The van der Waals surface area contributed by atoms with Gasteiger partial charge in [0.15, 0.2) is 0 Å². The summed E-state index contributed by atoms with van der Waals surface area (Å²) in [6, 6.07) is 5.06. The number of nitrogens with two attached hydrogens (primary N) is 1. The Bertz CT molecular complexity index is 463. The summed E-state index contributed by atoms with van der Waals surface area (Å²) in [6.07, 6.45) is 0.519. The molecule has 1 aromatic carbocycles. The van der Waals surface area contributed by atoms with Crippen molar-refractivity contribution in [3.05, 3.63) is 28.2 Å². The van der Waals surface area contributed by atoms with Crippen molar-refractivity contribution < 1.29 is 14.7 Å². The van der Waals surface area contributed by atoms with Crippen LogP contribution in [0.2, 0.25) is 0 Å². The minimum absolute atomic E-state index is 0.258. The zero-order valence-electron chi connectivity index (χ0n) is 9.94. The van der Waals surface area contributed by atoms with Gasteiger partial charge in [0.05, 0.1) is 11.5 Å². The van der Waals surface area contributed by atoms with Gasteiger partial charge in [-0.2, -0.15) is 0 Å². The molecule has 1 unspecified atom stereocenters. The lowest BCUT2D eigenvalue weighted by molar-refractivity contribution is -0.141. The normalized spacial score (nSPS) is 11.9. The topological polar surface area (TPSA) is 92.4 Å². The van der Waals surface area contributed by atoms with Gasteiger partial charge < -0.3 is 16.2 Å². The molecule has 0 aromatic heterocycles. The number of hydrogen-bond acceptors (Lipinski definition) is 3. The van der Waals surface area contributed by atoms with Crippen LogP contribution in [0, 0.1) is 5.92 Å². The standard InChI is InChI=1S/C12H15BrN2O3/c1-2-7(12(17)18)6-15-10-4-3-8(13)5-9(10)11(14)16/h3-5,7,15H,2,6H2,1H3,(H2,14,16)(H,17,18). The third-order valence-electron chi connectivity index (χ3n) is 2.63. The number of halogens is 1. The van der Waals surface area contributed by atoms with Gasteiger partial charge >= 0.3 is 5.97 Å². The second-order valence-corrected chi connectivity index (χ2v) is 4.79. The first-order chi connectivity index (χ1) is 8.45. The van der Waals surface area contributed by atoms with Crippen LogP contribution in [-0.2, 0) is 4.79 Å². The number of carbonyl (C=O) groups is 2. The van der Waals surface area contributed by atoms with Gasteiger partial charge in [-0.15, -0.1) is 0 Å². The lowest BCUT2D eigenvalue weighted by Gasteiger charge is -2.14. The monoisotopic (exact) mass is 314 g/mol. The minimum Gasteiger partial charge on any atom is -0.481 e. The number of amides is 1. The fourth-order valence-electron chi connectivity index (χ4n) is 1.51. The van der Waals surface area contributed by atoms with Crippen LogP contribution in [-0.4, -0.2) is 23.5 Å². The summed E-state index contributed by atoms with van der Waals surface area (Å²) in [6.45, 7) is 2.06. The maximum absolute atomic E-state index is 11.3. The van der Waals surface area contributed by atoms with E-state index in [4.69, 9.17) is 10.8 Å². The zero-order chi connectivity index (χ0) is 13.7. The number of nitrogens with one attached hydrogen (secondary N) is 1. The van der Waals surface area contributed by atoms with Gasteiger partial charge in [0.1, 0.15) is 0 Å². The second-order valence-electron chi connectivity index (χ2n) is 3.88. The molecule has 0 aliphatic carbocycles. The van der Waals surface area contributed by atoms with Crippen LogP contribution in [0.4, 0.5) is 5.69 Å². The molecule has 0 fully saturated rings. The molecule has 1 rings (SSSR count). The average Bonchev–Trinajstić information content (AvgIpc) is 2.30. The Morgan fingerprint density at radius 1 is 1.50 bits per heavy atom. The lowest BCUT2D eigenvalue weighted by Crippen LogP contribution is -2.23. The molecule has 5 nitrogen and oxygen atoms in total. The lowest BCUT2D eigenvalue weighted by atomic mass is 10.1. The number of primary amides is 1. The number of anilines is 1. The fourth-order valence-corrected chi connectivity index (χ4v) is 1.87. The summed E-state index contributed by atoms with van der Waals surface area (Å²) < 4.78 is 0.743. The van der Waals surface area contributed by atoms with Gasteiger partial charge in [-0.1, -0.05) is 22.9 Å². The van der Waals surface area contributed by atoms with E-state index >= 15 is 0 Å². The molecule has 1 amide bonds. The number of rotatable bonds is 6. The molecule has 4 N–H and O–H groups in total. The first-order valence-corrected chi connectivity index (χ1v) is 6.31.